The number of hydrogen-bond donors (Lipinski definition) is 0. The van der Waals surface area contributed by atoms with Crippen molar-refractivity contribution >= 4 is 35.3 Å². The van der Waals surface area contributed by atoms with E-state index in [0.717, 1.165) is 27.0 Å². The maximum absolute atomic E-state index is 4.35. The summed E-state index contributed by atoms with van der Waals surface area (Å²) in [6, 6.07) is 0. The third kappa shape index (κ3) is 3.67. The zero-order valence-electron chi connectivity index (χ0n) is 8.48. The van der Waals surface area contributed by atoms with Crippen molar-refractivity contribution in [2.45, 2.75) is 29.3 Å². The predicted octanol–water partition coefficient (Wildman–Crippen LogP) is 2.82. The van der Waals surface area contributed by atoms with Crippen LogP contribution in [0.2, 0.25) is 0 Å². The Hall–Kier alpha value is 0.0600. The number of nitrogens with zero attached hydrogens (tertiary/aromatic N) is 3. The van der Waals surface area contributed by atoms with Gasteiger partial charge in [0.15, 0.2) is 15.5 Å². The van der Waals surface area contributed by atoms with Crippen molar-refractivity contribution < 1.29 is 0 Å². The Morgan fingerprint density at radius 2 is 1.29 bits per heavy atom. The molecule has 1 rings (SSSR count). The second-order valence-corrected chi connectivity index (χ2v) is 5.49. The molecular weight excluding hydrogens is 234 g/mol. The molecule has 6 heteroatoms. The molecule has 0 saturated heterocycles. The first kappa shape index (κ1) is 12.1. The van der Waals surface area contributed by atoms with E-state index in [9.17, 15) is 0 Å². The second-order valence-electron chi connectivity index (χ2n) is 2.25. The first-order chi connectivity index (χ1) is 6.80. The van der Waals surface area contributed by atoms with Crippen LogP contribution in [0.25, 0.3) is 0 Å². The van der Waals surface area contributed by atoms with Crippen LogP contribution in [0.4, 0.5) is 0 Å². The van der Waals surface area contributed by atoms with Gasteiger partial charge in [-0.15, -0.1) is 0 Å². The van der Waals surface area contributed by atoms with Crippen LogP contribution in [0.15, 0.2) is 15.5 Å². The largest absolute Gasteiger partial charge is 0.196 e. The standard InChI is InChI=1S/C8H13N3S3/c1-4-13-7-9-6(12-3)10-8(11-7)14-5-2/h4-5H2,1-3H3. The predicted molar refractivity (Wildman–Crippen MR) is 64.4 cm³/mol. The smallest absolute Gasteiger partial charge is 0.192 e. The molecule has 0 amide bonds. The fourth-order valence-corrected chi connectivity index (χ4v) is 2.45. The number of thioether (sulfide) groups is 3. The molecule has 0 spiro atoms. The zero-order valence-corrected chi connectivity index (χ0v) is 10.9. The molecule has 1 heterocycles. The molecule has 1 aromatic rings. The van der Waals surface area contributed by atoms with Gasteiger partial charge in [-0.3, -0.25) is 0 Å². The summed E-state index contributed by atoms with van der Waals surface area (Å²) in [5, 5.41) is 2.48. The summed E-state index contributed by atoms with van der Waals surface area (Å²) in [5.41, 5.74) is 0. The highest BCUT2D eigenvalue weighted by molar-refractivity contribution is 8.00. The summed E-state index contributed by atoms with van der Waals surface area (Å²) in [5.74, 6) is 1.99. The van der Waals surface area contributed by atoms with Crippen LogP contribution in [-0.2, 0) is 0 Å². The van der Waals surface area contributed by atoms with Crippen molar-refractivity contribution in [3.8, 4) is 0 Å². The molecule has 0 aliphatic carbocycles. The van der Waals surface area contributed by atoms with E-state index in [1.54, 1.807) is 35.3 Å². The van der Waals surface area contributed by atoms with E-state index < -0.39 is 0 Å². The molecule has 0 bridgehead atoms. The fourth-order valence-electron chi connectivity index (χ4n) is 0.799. The Morgan fingerprint density at radius 3 is 1.64 bits per heavy atom. The summed E-state index contributed by atoms with van der Waals surface area (Å²) in [4.78, 5) is 13.0. The minimum absolute atomic E-state index is 0.812. The third-order valence-corrected chi connectivity index (χ3v) is 3.31. The Kier molecular flexibility index (Phi) is 5.66. The van der Waals surface area contributed by atoms with Crippen LogP contribution in [-0.4, -0.2) is 32.7 Å². The first-order valence-corrected chi connectivity index (χ1v) is 7.55. The molecule has 0 unspecified atom stereocenters. The quantitative estimate of drug-likeness (QED) is 0.745. The Balaban J connectivity index is 2.88. The Morgan fingerprint density at radius 1 is 0.857 bits per heavy atom. The van der Waals surface area contributed by atoms with Gasteiger partial charge in [0.25, 0.3) is 0 Å². The van der Waals surface area contributed by atoms with Crippen LogP contribution in [0.5, 0.6) is 0 Å². The minimum atomic E-state index is 0.812. The van der Waals surface area contributed by atoms with E-state index in [1.807, 2.05) is 6.26 Å². The van der Waals surface area contributed by atoms with Crippen molar-refractivity contribution in [1.29, 1.82) is 0 Å². The Bertz CT molecular complexity index is 269. The van der Waals surface area contributed by atoms with E-state index in [2.05, 4.69) is 28.8 Å². The van der Waals surface area contributed by atoms with Gasteiger partial charge in [-0.1, -0.05) is 49.1 Å². The van der Waals surface area contributed by atoms with Crippen molar-refractivity contribution in [1.82, 2.24) is 15.0 Å². The summed E-state index contributed by atoms with van der Waals surface area (Å²) in [6.07, 6.45) is 1.98. The van der Waals surface area contributed by atoms with E-state index in [1.165, 1.54) is 0 Å². The summed E-state index contributed by atoms with van der Waals surface area (Å²) >= 11 is 4.87. The van der Waals surface area contributed by atoms with E-state index in [0.29, 0.717) is 0 Å². The van der Waals surface area contributed by atoms with Gasteiger partial charge in [0.05, 0.1) is 0 Å². The van der Waals surface area contributed by atoms with Gasteiger partial charge in [-0.05, 0) is 17.8 Å². The lowest BCUT2D eigenvalue weighted by Crippen LogP contribution is -1.96. The van der Waals surface area contributed by atoms with Crippen LogP contribution in [0.1, 0.15) is 13.8 Å². The van der Waals surface area contributed by atoms with Gasteiger partial charge in [0.2, 0.25) is 0 Å². The lowest BCUT2D eigenvalue weighted by molar-refractivity contribution is 0.718. The van der Waals surface area contributed by atoms with Crippen LogP contribution in [0, 0.1) is 0 Å². The minimum Gasteiger partial charge on any atom is -0.196 e. The van der Waals surface area contributed by atoms with Crippen LogP contribution >= 0.6 is 35.3 Å². The SMILES string of the molecule is CCSc1nc(SC)nc(SCC)n1. The van der Waals surface area contributed by atoms with Crippen LogP contribution in [0.3, 0.4) is 0 Å². The highest BCUT2D eigenvalue weighted by Crippen LogP contribution is 2.20. The molecule has 0 fully saturated rings. The average molecular weight is 247 g/mol. The third-order valence-electron chi connectivity index (χ3n) is 1.30. The van der Waals surface area contributed by atoms with Crippen molar-refractivity contribution in [3.63, 3.8) is 0 Å². The molecule has 78 valence electrons. The molecule has 0 aromatic carbocycles. The molecule has 0 radical (unpaired) electrons. The van der Waals surface area contributed by atoms with Crippen molar-refractivity contribution in [3.05, 3.63) is 0 Å². The monoisotopic (exact) mass is 247 g/mol. The van der Waals surface area contributed by atoms with Gasteiger partial charge >= 0.3 is 0 Å². The van der Waals surface area contributed by atoms with Gasteiger partial charge in [0.1, 0.15) is 0 Å². The maximum atomic E-state index is 4.35. The first-order valence-electron chi connectivity index (χ1n) is 4.35. The van der Waals surface area contributed by atoms with Crippen LogP contribution < -0.4 is 0 Å². The molecule has 14 heavy (non-hydrogen) atoms. The fraction of sp³-hybridized carbons (Fsp3) is 0.625. The Labute approximate surface area is 97.3 Å². The number of hydrogen-bond acceptors (Lipinski definition) is 6. The molecule has 0 aliphatic heterocycles. The van der Waals surface area contributed by atoms with Crippen molar-refractivity contribution in [2.75, 3.05) is 17.8 Å². The van der Waals surface area contributed by atoms with Gasteiger partial charge < -0.3 is 0 Å². The van der Waals surface area contributed by atoms with Gasteiger partial charge in [0, 0.05) is 0 Å². The molecule has 3 nitrogen and oxygen atoms in total. The lowest BCUT2D eigenvalue weighted by atomic mass is 11.0. The normalized spacial score (nSPS) is 10.5. The zero-order chi connectivity index (χ0) is 10.4. The highest BCUT2D eigenvalue weighted by Gasteiger charge is 2.05. The molecule has 1 aromatic heterocycles. The molecular formula is C8H13N3S3. The maximum Gasteiger partial charge on any atom is 0.192 e. The summed E-state index contributed by atoms with van der Waals surface area (Å²) in [6.45, 7) is 4.19. The highest BCUT2D eigenvalue weighted by atomic mass is 32.2. The summed E-state index contributed by atoms with van der Waals surface area (Å²) < 4.78 is 0. The van der Waals surface area contributed by atoms with Gasteiger partial charge in [-0.2, -0.15) is 15.0 Å². The second kappa shape index (κ2) is 6.53. The molecule has 0 aliphatic rings. The summed E-state index contributed by atoms with van der Waals surface area (Å²) in [7, 11) is 0. The van der Waals surface area contributed by atoms with E-state index >= 15 is 0 Å². The molecule has 0 atom stereocenters. The van der Waals surface area contributed by atoms with E-state index in [4.69, 9.17) is 0 Å². The lowest BCUT2D eigenvalue weighted by Gasteiger charge is -2.02. The molecule has 0 saturated carbocycles. The number of rotatable bonds is 5. The van der Waals surface area contributed by atoms with Crippen molar-refractivity contribution in [2.24, 2.45) is 0 Å². The molecule has 0 N–H and O–H groups in total. The average Bonchev–Trinajstić information content (AvgIpc) is 2.18. The van der Waals surface area contributed by atoms with E-state index in [-0.39, 0.29) is 0 Å². The number of aromatic nitrogens is 3. The topological polar surface area (TPSA) is 38.7 Å². The van der Waals surface area contributed by atoms with Gasteiger partial charge in [-0.25, -0.2) is 0 Å².